The number of H-pyrrole nitrogens is 1. The molecule has 1 aliphatic heterocycles. The number of hydrogen-bond donors (Lipinski definition) is 2. The van der Waals surface area contributed by atoms with Gasteiger partial charge in [-0.25, -0.2) is 9.78 Å². The Morgan fingerprint density at radius 2 is 1.88 bits per heavy atom. The maximum Gasteiger partial charge on any atom is 0.413 e. The summed E-state index contributed by atoms with van der Waals surface area (Å²) < 4.78 is 6.35. The summed E-state index contributed by atoms with van der Waals surface area (Å²) in [6.45, 7) is 4.44. The van der Waals surface area contributed by atoms with Crippen molar-refractivity contribution in [2.24, 2.45) is 5.92 Å². The van der Waals surface area contributed by atoms with Crippen LogP contribution in [0.5, 0.6) is 5.75 Å². The molecule has 0 aliphatic carbocycles. The number of ether oxygens (including phenoxy) is 1. The lowest BCUT2D eigenvalue weighted by Gasteiger charge is -2.30. The summed E-state index contributed by atoms with van der Waals surface area (Å²) in [7, 11) is 0. The highest BCUT2D eigenvalue weighted by Crippen LogP contribution is 2.32. The van der Waals surface area contributed by atoms with Crippen LogP contribution in [0.3, 0.4) is 0 Å². The van der Waals surface area contributed by atoms with Crippen molar-refractivity contribution in [2.45, 2.75) is 38.8 Å². The largest absolute Gasteiger partial charge is 0.413 e. The third-order valence-corrected chi connectivity index (χ3v) is 6.29. The molecular formula is C25H27BrN4O3. The molecule has 1 saturated heterocycles. The van der Waals surface area contributed by atoms with Crippen molar-refractivity contribution < 1.29 is 14.3 Å². The zero-order chi connectivity index (χ0) is 23.4. The zero-order valence-corrected chi connectivity index (χ0v) is 20.2. The summed E-state index contributed by atoms with van der Waals surface area (Å²) in [5.74, 6) is 0.962. The minimum Gasteiger partial charge on any atom is -0.410 e. The van der Waals surface area contributed by atoms with Crippen LogP contribution in [0.25, 0.3) is 11.3 Å². The van der Waals surface area contributed by atoms with Gasteiger partial charge in [-0.05, 0) is 48.6 Å². The van der Waals surface area contributed by atoms with Crippen LogP contribution in [-0.2, 0) is 4.79 Å². The molecule has 33 heavy (non-hydrogen) atoms. The monoisotopic (exact) mass is 510 g/mol. The highest BCUT2D eigenvalue weighted by molar-refractivity contribution is 9.10. The van der Waals surface area contributed by atoms with Crippen molar-refractivity contribution in [2.75, 3.05) is 6.54 Å². The van der Waals surface area contributed by atoms with E-state index in [1.165, 1.54) is 0 Å². The molecule has 1 aliphatic rings. The van der Waals surface area contributed by atoms with Crippen LogP contribution in [0.15, 0.2) is 65.3 Å². The number of likely N-dealkylation sites (tertiary alicyclic amines) is 1. The van der Waals surface area contributed by atoms with Gasteiger partial charge in [0.2, 0.25) is 5.91 Å². The first-order chi connectivity index (χ1) is 15.9. The predicted molar refractivity (Wildman–Crippen MR) is 130 cm³/mol. The van der Waals surface area contributed by atoms with Gasteiger partial charge in [-0.3, -0.25) is 4.79 Å². The molecule has 0 radical (unpaired) electrons. The van der Waals surface area contributed by atoms with E-state index in [1.54, 1.807) is 30.5 Å². The van der Waals surface area contributed by atoms with Crippen LogP contribution < -0.4 is 10.1 Å². The summed E-state index contributed by atoms with van der Waals surface area (Å²) in [5, 5.41) is 2.76. The average Bonchev–Trinajstić information content (AvgIpc) is 3.48. The molecule has 8 heteroatoms. The van der Waals surface area contributed by atoms with Gasteiger partial charge in [-0.1, -0.05) is 60.1 Å². The lowest BCUT2D eigenvalue weighted by molar-refractivity contribution is -0.135. The van der Waals surface area contributed by atoms with E-state index >= 15 is 0 Å². The van der Waals surface area contributed by atoms with Gasteiger partial charge in [0.1, 0.15) is 17.6 Å². The number of aromatic amines is 1. The molecule has 2 unspecified atom stereocenters. The molecule has 2 aromatic carbocycles. The van der Waals surface area contributed by atoms with Crippen molar-refractivity contribution in [3.05, 3.63) is 71.1 Å². The highest BCUT2D eigenvalue weighted by Gasteiger charge is 2.37. The van der Waals surface area contributed by atoms with E-state index < -0.39 is 12.1 Å². The Morgan fingerprint density at radius 3 is 2.58 bits per heavy atom. The smallest absolute Gasteiger partial charge is 0.410 e. The lowest BCUT2D eigenvalue weighted by Crippen LogP contribution is -2.51. The molecule has 0 spiro atoms. The van der Waals surface area contributed by atoms with Crippen LogP contribution in [0.2, 0.25) is 0 Å². The summed E-state index contributed by atoms with van der Waals surface area (Å²) in [5.41, 5.74) is 1.93. The molecule has 1 fully saturated rings. The van der Waals surface area contributed by atoms with E-state index in [2.05, 4.69) is 31.2 Å². The number of nitrogens with zero attached hydrogens (tertiary/aromatic N) is 2. The molecule has 2 atom stereocenters. The number of nitrogens with one attached hydrogen (secondary N) is 2. The van der Waals surface area contributed by atoms with E-state index in [0.29, 0.717) is 12.3 Å². The Kier molecular flexibility index (Phi) is 7.13. The number of imidazole rings is 1. The summed E-state index contributed by atoms with van der Waals surface area (Å²) in [6.07, 6.45) is 2.86. The van der Waals surface area contributed by atoms with Crippen LogP contribution in [0.1, 0.15) is 38.6 Å². The van der Waals surface area contributed by atoms with Gasteiger partial charge in [-0.2, -0.15) is 0 Å². The van der Waals surface area contributed by atoms with Gasteiger partial charge in [0.05, 0.1) is 17.9 Å². The Balaban J connectivity index is 1.47. The number of benzene rings is 2. The Bertz CT molecular complexity index is 1100. The van der Waals surface area contributed by atoms with Gasteiger partial charge < -0.3 is 19.9 Å². The van der Waals surface area contributed by atoms with Crippen LogP contribution in [0, 0.1) is 5.92 Å². The first-order valence-electron chi connectivity index (χ1n) is 11.1. The van der Waals surface area contributed by atoms with E-state index in [-0.39, 0.29) is 17.9 Å². The third kappa shape index (κ3) is 5.45. The van der Waals surface area contributed by atoms with Gasteiger partial charge >= 0.3 is 6.09 Å². The van der Waals surface area contributed by atoms with Crippen molar-refractivity contribution in [1.29, 1.82) is 0 Å². The van der Waals surface area contributed by atoms with Crippen molar-refractivity contribution in [1.82, 2.24) is 20.2 Å². The maximum atomic E-state index is 13.5. The fraction of sp³-hybridized carbons (Fsp3) is 0.320. The Morgan fingerprint density at radius 1 is 1.15 bits per heavy atom. The fourth-order valence-corrected chi connectivity index (χ4v) is 4.31. The molecule has 2 N–H and O–H groups in total. The van der Waals surface area contributed by atoms with E-state index in [1.807, 2.05) is 49.1 Å². The number of aromatic nitrogens is 2. The second kappa shape index (κ2) is 10.2. The van der Waals surface area contributed by atoms with Gasteiger partial charge in [0.15, 0.2) is 0 Å². The normalized spacial score (nSPS) is 16.6. The molecular weight excluding hydrogens is 484 g/mol. The molecule has 3 aromatic rings. The third-order valence-electron chi connectivity index (χ3n) is 5.76. The topological polar surface area (TPSA) is 87.3 Å². The zero-order valence-electron chi connectivity index (χ0n) is 18.6. The Labute approximate surface area is 201 Å². The maximum absolute atomic E-state index is 13.5. The summed E-state index contributed by atoms with van der Waals surface area (Å²) in [6, 6.07) is 15.9. The van der Waals surface area contributed by atoms with Crippen molar-refractivity contribution >= 4 is 27.9 Å². The van der Waals surface area contributed by atoms with E-state index in [9.17, 15) is 9.59 Å². The number of hydrogen-bond acceptors (Lipinski definition) is 4. The first kappa shape index (κ1) is 23.0. The molecule has 2 heterocycles. The number of carbonyl (C=O) groups is 2. The summed E-state index contributed by atoms with van der Waals surface area (Å²) in [4.78, 5) is 35.7. The number of amides is 2. The van der Waals surface area contributed by atoms with Crippen molar-refractivity contribution in [3.8, 4) is 17.0 Å². The predicted octanol–water partition coefficient (Wildman–Crippen LogP) is 5.32. The Hall–Kier alpha value is -3.13. The molecule has 1 aromatic heterocycles. The quantitative estimate of drug-likeness (QED) is 0.469. The number of carbonyl (C=O) groups excluding carboxylic acids is 2. The first-order valence-corrected chi connectivity index (χ1v) is 11.9. The van der Waals surface area contributed by atoms with Gasteiger partial charge in [0, 0.05) is 11.0 Å². The fourth-order valence-electron chi connectivity index (χ4n) is 4.04. The number of halogens is 1. The SMILES string of the molecule is CC(C)C(NC(=O)Oc1ccccc1)C(=O)N1CCCC1c1ncc(-c2ccc(Br)cc2)[nH]1. The summed E-state index contributed by atoms with van der Waals surface area (Å²) >= 11 is 3.45. The van der Waals surface area contributed by atoms with Crippen LogP contribution >= 0.6 is 15.9 Å². The highest BCUT2D eigenvalue weighted by atomic mass is 79.9. The molecule has 172 valence electrons. The van der Waals surface area contributed by atoms with E-state index in [0.717, 1.165) is 34.4 Å². The lowest BCUT2D eigenvalue weighted by atomic mass is 10.0. The average molecular weight is 511 g/mol. The molecule has 4 rings (SSSR count). The molecule has 2 amide bonds. The van der Waals surface area contributed by atoms with Crippen LogP contribution in [-0.4, -0.2) is 39.5 Å². The molecule has 0 bridgehead atoms. The van der Waals surface area contributed by atoms with Crippen LogP contribution in [0.4, 0.5) is 4.79 Å². The molecule has 0 saturated carbocycles. The van der Waals surface area contributed by atoms with Gasteiger partial charge in [-0.15, -0.1) is 0 Å². The standard InChI is InChI=1S/C25H27BrN4O3/c1-16(2)22(29-25(32)33-19-7-4-3-5-8-19)24(31)30-14-6-9-21(30)23-27-15-20(28-23)17-10-12-18(26)13-11-17/h3-5,7-8,10-13,15-16,21-22H,6,9,14H2,1-2H3,(H,27,28)(H,29,32). The van der Waals surface area contributed by atoms with E-state index in [4.69, 9.17) is 4.74 Å². The van der Waals surface area contributed by atoms with Gasteiger partial charge in [0.25, 0.3) is 0 Å². The molecule has 7 nitrogen and oxygen atoms in total. The van der Waals surface area contributed by atoms with Crippen molar-refractivity contribution in [3.63, 3.8) is 0 Å². The number of rotatable bonds is 6. The second-order valence-corrected chi connectivity index (χ2v) is 9.36. The minimum atomic E-state index is -0.692. The second-order valence-electron chi connectivity index (χ2n) is 8.45. The minimum absolute atomic E-state index is 0.1000. The number of para-hydroxylation sites is 1.